The van der Waals surface area contributed by atoms with Gasteiger partial charge in [-0.1, -0.05) is 6.42 Å². The average molecular weight is 579 g/mol. The van der Waals surface area contributed by atoms with Crippen molar-refractivity contribution >= 4 is 17.8 Å². The zero-order chi connectivity index (χ0) is 29.1. The quantitative estimate of drug-likeness (QED) is 0.0973. The Kier molecular flexibility index (Phi) is 13.6. The number of hydrogen-bond donors (Lipinski definition) is 5. The number of aliphatic hydroxyl groups excluding tert-OH is 5. The highest BCUT2D eigenvalue weighted by atomic mass is 16.7. The Bertz CT molecular complexity index is 800. The molecule has 0 saturated carbocycles. The smallest absolute Gasteiger partial charge is 0.333 e. The molecule has 3 saturated heterocycles. The number of carbonyl (C=O) groups excluding carboxylic acids is 3. The van der Waals surface area contributed by atoms with Crippen LogP contribution >= 0.6 is 0 Å². The summed E-state index contributed by atoms with van der Waals surface area (Å²) < 4.78 is 22.1. The van der Waals surface area contributed by atoms with Crippen LogP contribution < -0.4 is 0 Å². The molecule has 3 aliphatic heterocycles. The molecule has 5 unspecified atom stereocenters. The minimum atomic E-state index is -1.53. The van der Waals surface area contributed by atoms with Crippen LogP contribution in [0.2, 0.25) is 0 Å². The van der Waals surface area contributed by atoms with Crippen molar-refractivity contribution in [2.75, 3.05) is 46.1 Å². The number of hydroxylamine groups is 2. The van der Waals surface area contributed by atoms with Crippen molar-refractivity contribution in [3.05, 3.63) is 0 Å². The Balaban J connectivity index is 1.41. The zero-order valence-corrected chi connectivity index (χ0v) is 22.5. The predicted molar refractivity (Wildman–Crippen MR) is 133 cm³/mol. The normalized spacial score (nSPS) is 31.2. The summed E-state index contributed by atoms with van der Waals surface area (Å²) in [7, 11) is 0. The van der Waals surface area contributed by atoms with E-state index < -0.39 is 67.5 Å². The van der Waals surface area contributed by atoms with Crippen molar-refractivity contribution in [1.29, 1.82) is 0 Å². The highest BCUT2D eigenvalue weighted by Crippen LogP contribution is 2.22. The summed E-state index contributed by atoms with van der Waals surface area (Å²) in [5.41, 5.74) is 0. The Morgan fingerprint density at radius 2 is 1.57 bits per heavy atom. The lowest BCUT2D eigenvalue weighted by atomic mass is 9.99. The molecule has 0 spiro atoms. The van der Waals surface area contributed by atoms with Crippen LogP contribution in [0.3, 0.4) is 0 Å². The summed E-state index contributed by atoms with van der Waals surface area (Å²) in [6.45, 7) is 1.76. The Morgan fingerprint density at radius 1 is 0.900 bits per heavy atom. The van der Waals surface area contributed by atoms with Crippen molar-refractivity contribution in [3.8, 4) is 0 Å². The van der Waals surface area contributed by atoms with Crippen LogP contribution in [0.4, 0.5) is 0 Å². The molecule has 0 aromatic rings. The number of unbranched alkanes of at least 4 members (excludes halogenated alkanes) is 2. The maximum absolute atomic E-state index is 12.0. The van der Waals surface area contributed by atoms with Gasteiger partial charge in [-0.2, -0.15) is 0 Å². The van der Waals surface area contributed by atoms with Crippen molar-refractivity contribution in [3.63, 3.8) is 0 Å². The van der Waals surface area contributed by atoms with Gasteiger partial charge >= 0.3 is 5.97 Å². The van der Waals surface area contributed by atoms with Crippen molar-refractivity contribution in [2.24, 2.45) is 0 Å². The number of imide groups is 1. The number of aliphatic hydroxyl groups is 5. The number of nitrogens with zero attached hydrogens (tertiary/aromatic N) is 2. The first-order valence-electron chi connectivity index (χ1n) is 13.8. The van der Waals surface area contributed by atoms with Gasteiger partial charge in [0.15, 0.2) is 12.6 Å². The van der Waals surface area contributed by atoms with Gasteiger partial charge in [0.2, 0.25) is 0 Å². The lowest BCUT2D eigenvalue weighted by Crippen LogP contribution is -2.59. The van der Waals surface area contributed by atoms with Crippen LogP contribution in [0.5, 0.6) is 0 Å². The largest absolute Gasteiger partial charge is 0.394 e. The SMILES string of the molecule is O=C(CCCCCN(CCOC1OCCCC1O)CCO[C@H]1OC(CO)[C@@H](O)C(O)C1O)ON1C(=O)CCC1=O. The maximum Gasteiger partial charge on any atom is 0.333 e. The second-order valence-electron chi connectivity index (χ2n) is 10.1. The molecule has 230 valence electrons. The average Bonchev–Trinajstić information content (AvgIpc) is 3.25. The van der Waals surface area contributed by atoms with Gasteiger partial charge in [0.05, 0.1) is 19.8 Å². The van der Waals surface area contributed by atoms with Gasteiger partial charge in [0, 0.05) is 39.0 Å². The van der Waals surface area contributed by atoms with E-state index in [1.54, 1.807) is 0 Å². The molecule has 0 aromatic heterocycles. The minimum absolute atomic E-state index is 0.0393. The highest BCUT2D eigenvalue weighted by Gasteiger charge is 2.44. The fraction of sp³-hybridized carbons (Fsp3) is 0.880. The van der Waals surface area contributed by atoms with Gasteiger partial charge in [-0.05, 0) is 32.2 Å². The lowest BCUT2D eigenvalue weighted by Gasteiger charge is -2.39. The fourth-order valence-electron chi connectivity index (χ4n) is 4.62. The maximum atomic E-state index is 12.0. The van der Waals surface area contributed by atoms with Crippen molar-refractivity contribution in [1.82, 2.24) is 9.96 Å². The van der Waals surface area contributed by atoms with Gasteiger partial charge in [-0.3, -0.25) is 14.5 Å². The van der Waals surface area contributed by atoms with E-state index in [1.807, 2.05) is 4.90 Å². The van der Waals surface area contributed by atoms with Gasteiger partial charge in [0.1, 0.15) is 30.5 Å². The second-order valence-corrected chi connectivity index (χ2v) is 10.1. The van der Waals surface area contributed by atoms with E-state index in [-0.39, 0.29) is 32.5 Å². The van der Waals surface area contributed by atoms with Crippen molar-refractivity contribution in [2.45, 2.75) is 94.5 Å². The Labute approximate surface area is 232 Å². The summed E-state index contributed by atoms with van der Waals surface area (Å²) in [6, 6.07) is 0. The molecule has 2 amide bonds. The number of carbonyl (C=O) groups is 3. The van der Waals surface area contributed by atoms with Crippen LogP contribution in [0, 0.1) is 0 Å². The van der Waals surface area contributed by atoms with E-state index in [2.05, 4.69) is 0 Å². The van der Waals surface area contributed by atoms with Gasteiger partial charge < -0.3 is 49.3 Å². The number of amides is 2. The molecule has 7 atom stereocenters. The van der Waals surface area contributed by atoms with Gasteiger partial charge in [-0.15, -0.1) is 5.06 Å². The topological polar surface area (TPSA) is 205 Å². The molecule has 15 heteroatoms. The molecule has 5 N–H and O–H groups in total. The molecule has 0 radical (unpaired) electrons. The predicted octanol–water partition coefficient (Wildman–Crippen LogP) is -2.21. The molecule has 0 aliphatic carbocycles. The molecule has 3 fully saturated rings. The third-order valence-electron chi connectivity index (χ3n) is 7.02. The summed E-state index contributed by atoms with van der Waals surface area (Å²) in [5.74, 6) is -1.69. The van der Waals surface area contributed by atoms with Gasteiger partial charge in [0.25, 0.3) is 11.8 Å². The standard InChI is InChI=1S/C25H42N2O13/c28-15-17-21(33)22(34)23(35)25(39-17)38-14-11-26(10-13-37-24-16(29)5-4-12-36-24)9-3-1-2-6-20(32)40-27-18(30)7-8-19(27)31/h16-17,21-25,28-29,33-35H,1-15H2/t16?,17?,21-,22?,23?,24?,25+/m1/s1. The van der Waals surface area contributed by atoms with E-state index in [1.165, 1.54) is 0 Å². The van der Waals surface area contributed by atoms with E-state index in [0.29, 0.717) is 57.0 Å². The number of hydrogen-bond acceptors (Lipinski definition) is 14. The second kappa shape index (κ2) is 16.6. The van der Waals surface area contributed by atoms with E-state index >= 15 is 0 Å². The summed E-state index contributed by atoms with van der Waals surface area (Å²) in [6.07, 6.45) is -4.85. The number of rotatable bonds is 16. The molecular formula is C25H42N2O13. The first-order valence-corrected chi connectivity index (χ1v) is 13.8. The Morgan fingerprint density at radius 3 is 2.23 bits per heavy atom. The van der Waals surface area contributed by atoms with Crippen LogP contribution in [0.1, 0.15) is 51.4 Å². The van der Waals surface area contributed by atoms with Crippen LogP contribution in [-0.4, -0.2) is 142 Å². The lowest BCUT2D eigenvalue weighted by molar-refractivity contribution is -0.301. The molecule has 0 aromatic carbocycles. The first-order chi connectivity index (χ1) is 19.2. The summed E-state index contributed by atoms with van der Waals surface area (Å²) in [5, 5.41) is 50.0. The third kappa shape index (κ3) is 9.65. The first kappa shape index (κ1) is 32.7. The monoisotopic (exact) mass is 578 g/mol. The highest BCUT2D eigenvalue weighted by molar-refractivity contribution is 6.01. The molecule has 3 rings (SSSR count). The molecule has 0 bridgehead atoms. The summed E-state index contributed by atoms with van der Waals surface area (Å²) >= 11 is 0. The number of ether oxygens (including phenoxy) is 4. The third-order valence-corrected chi connectivity index (χ3v) is 7.02. The molecule has 15 nitrogen and oxygen atoms in total. The molecular weight excluding hydrogens is 536 g/mol. The van der Waals surface area contributed by atoms with E-state index in [0.717, 1.165) is 6.42 Å². The Hall–Kier alpha value is -1.79. The van der Waals surface area contributed by atoms with E-state index in [4.69, 9.17) is 23.8 Å². The summed E-state index contributed by atoms with van der Waals surface area (Å²) in [4.78, 5) is 42.0. The fourth-order valence-corrected chi connectivity index (χ4v) is 4.62. The van der Waals surface area contributed by atoms with Crippen LogP contribution in [0.15, 0.2) is 0 Å². The molecule has 40 heavy (non-hydrogen) atoms. The van der Waals surface area contributed by atoms with E-state index in [9.17, 15) is 39.9 Å². The van der Waals surface area contributed by atoms with Gasteiger partial charge in [-0.25, -0.2) is 4.79 Å². The van der Waals surface area contributed by atoms with Crippen molar-refractivity contribution < 1.29 is 63.7 Å². The molecule has 3 heterocycles. The minimum Gasteiger partial charge on any atom is -0.394 e. The molecule has 3 aliphatic rings. The van der Waals surface area contributed by atoms with Crippen LogP contribution in [0.25, 0.3) is 0 Å². The zero-order valence-electron chi connectivity index (χ0n) is 22.5. The van der Waals surface area contributed by atoms with Crippen LogP contribution in [-0.2, 0) is 38.2 Å².